The van der Waals surface area contributed by atoms with Crippen molar-refractivity contribution < 1.29 is 28.6 Å². The predicted octanol–water partition coefficient (Wildman–Crippen LogP) is 19.7. The SMILES string of the molecule is CCCCC\C=C/C=C\C=C/C=C\CCCCCCCC(=O)OCC(COC(=O)CCCCCCCCC/C=C\CCCCCCCC)OC(=O)CCC/C=C\C/C=C\C/C=C\CCCCCCCC. The average molecular weight is 974 g/mol. The minimum Gasteiger partial charge on any atom is -0.462 e. The van der Waals surface area contributed by atoms with E-state index in [-0.39, 0.29) is 37.5 Å². The lowest BCUT2D eigenvalue weighted by atomic mass is 10.1. The quantitative estimate of drug-likeness (QED) is 0.0199. The highest BCUT2D eigenvalue weighted by molar-refractivity contribution is 5.71. The van der Waals surface area contributed by atoms with Crippen molar-refractivity contribution in [2.75, 3.05) is 13.2 Å². The Kier molecular flexibility index (Phi) is 54.9. The Balaban J connectivity index is 4.52. The summed E-state index contributed by atoms with van der Waals surface area (Å²) in [7, 11) is 0. The van der Waals surface area contributed by atoms with Crippen LogP contribution in [0, 0.1) is 0 Å². The second-order valence-corrected chi connectivity index (χ2v) is 19.3. The number of rotatable bonds is 52. The summed E-state index contributed by atoms with van der Waals surface area (Å²) < 4.78 is 16.8. The topological polar surface area (TPSA) is 78.9 Å². The number of carbonyl (C=O) groups excluding carboxylic acids is 3. The molecular weight excluding hydrogens is 865 g/mol. The number of hydrogen-bond acceptors (Lipinski definition) is 6. The zero-order valence-corrected chi connectivity index (χ0v) is 45.8. The van der Waals surface area contributed by atoms with Crippen LogP contribution in [0.15, 0.2) is 97.2 Å². The number of unbranched alkanes of at least 4 members (excludes halogenated alkanes) is 28. The van der Waals surface area contributed by atoms with Gasteiger partial charge in [0.05, 0.1) is 0 Å². The van der Waals surface area contributed by atoms with Crippen LogP contribution in [-0.4, -0.2) is 37.2 Å². The summed E-state index contributed by atoms with van der Waals surface area (Å²) in [4.78, 5) is 38.2. The molecule has 0 radical (unpaired) electrons. The summed E-state index contributed by atoms with van der Waals surface area (Å²) in [5, 5.41) is 0. The van der Waals surface area contributed by atoms with Gasteiger partial charge >= 0.3 is 17.9 Å². The first-order valence-corrected chi connectivity index (χ1v) is 29.3. The van der Waals surface area contributed by atoms with E-state index in [2.05, 4.69) is 118 Å². The third-order valence-electron chi connectivity index (χ3n) is 12.4. The van der Waals surface area contributed by atoms with E-state index in [0.29, 0.717) is 19.3 Å². The number of carbonyl (C=O) groups is 3. The lowest BCUT2D eigenvalue weighted by Crippen LogP contribution is -2.30. The molecule has 0 spiro atoms. The Morgan fingerprint density at radius 2 is 0.586 bits per heavy atom. The molecule has 0 rings (SSSR count). The fourth-order valence-electron chi connectivity index (χ4n) is 7.94. The highest BCUT2D eigenvalue weighted by Gasteiger charge is 2.19. The third kappa shape index (κ3) is 55.3. The molecule has 0 bridgehead atoms. The maximum Gasteiger partial charge on any atom is 0.306 e. The van der Waals surface area contributed by atoms with Crippen LogP contribution in [0.25, 0.3) is 0 Å². The Morgan fingerprint density at radius 1 is 0.300 bits per heavy atom. The van der Waals surface area contributed by atoms with Crippen molar-refractivity contribution in [2.24, 2.45) is 0 Å². The van der Waals surface area contributed by atoms with Gasteiger partial charge in [-0.05, 0) is 103 Å². The first-order chi connectivity index (χ1) is 34.5. The number of ether oxygens (including phenoxy) is 3. The van der Waals surface area contributed by atoms with Crippen LogP contribution in [0.4, 0.5) is 0 Å². The van der Waals surface area contributed by atoms with E-state index in [0.717, 1.165) is 83.5 Å². The van der Waals surface area contributed by atoms with Crippen LogP contribution >= 0.6 is 0 Å². The Morgan fingerprint density at radius 3 is 1.01 bits per heavy atom. The van der Waals surface area contributed by atoms with Gasteiger partial charge in [-0.3, -0.25) is 14.4 Å². The summed E-state index contributed by atoms with van der Waals surface area (Å²) in [6.07, 6.45) is 76.8. The van der Waals surface area contributed by atoms with Gasteiger partial charge in [-0.2, -0.15) is 0 Å². The zero-order chi connectivity index (χ0) is 50.7. The normalized spacial score (nSPS) is 12.8. The molecule has 0 aromatic rings. The number of allylic oxidation sites excluding steroid dienone is 16. The molecule has 0 fully saturated rings. The molecule has 1 unspecified atom stereocenters. The van der Waals surface area contributed by atoms with Gasteiger partial charge in [-0.1, -0.05) is 246 Å². The summed E-state index contributed by atoms with van der Waals surface area (Å²) in [6.45, 7) is 6.53. The van der Waals surface area contributed by atoms with Crippen LogP contribution < -0.4 is 0 Å². The van der Waals surface area contributed by atoms with Gasteiger partial charge in [0.25, 0.3) is 0 Å². The van der Waals surface area contributed by atoms with E-state index < -0.39 is 6.10 Å². The van der Waals surface area contributed by atoms with Crippen LogP contribution in [0.5, 0.6) is 0 Å². The number of hydrogen-bond donors (Lipinski definition) is 0. The lowest BCUT2D eigenvalue weighted by molar-refractivity contribution is -0.167. The third-order valence-corrected chi connectivity index (χ3v) is 12.4. The van der Waals surface area contributed by atoms with Gasteiger partial charge in [0.15, 0.2) is 6.10 Å². The lowest BCUT2D eigenvalue weighted by Gasteiger charge is -2.18. The highest BCUT2D eigenvalue weighted by Crippen LogP contribution is 2.14. The van der Waals surface area contributed by atoms with E-state index in [1.54, 1.807) is 0 Å². The van der Waals surface area contributed by atoms with Crippen molar-refractivity contribution in [3.8, 4) is 0 Å². The first kappa shape index (κ1) is 66.3. The molecule has 0 amide bonds. The number of esters is 3. The zero-order valence-electron chi connectivity index (χ0n) is 45.8. The largest absolute Gasteiger partial charge is 0.462 e. The fourth-order valence-corrected chi connectivity index (χ4v) is 7.94. The van der Waals surface area contributed by atoms with E-state index in [9.17, 15) is 14.4 Å². The summed E-state index contributed by atoms with van der Waals surface area (Å²) in [6, 6.07) is 0. The second-order valence-electron chi connectivity index (χ2n) is 19.3. The van der Waals surface area contributed by atoms with Crippen molar-refractivity contribution in [2.45, 2.75) is 277 Å². The maximum absolute atomic E-state index is 12.8. The van der Waals surface area contributed by atoms with Gasteiger partial charge in [0.1, 0.15) is 13.2 Å². The van der Waals surface area contributed by atoms with E-state index in [1.165, 1.54) is 141 Å². The van der Waals surface area contributed by atoms with E-state index in [1.807, 2.05) is 0 Å². The van der Waals surface area contributed by atoms with Crippen molar-refractivity contribution >= 4 is 17.9 Å². The maximum atomic E-state index is 12.8. The molecule has 0 N–H and O–H groups in total. The minimum atomic E-state index is -0.817. The smallest absolute Gasteiger partial charge is 0.306 e. The van der Waals surface area contributed by atoms with Crippen molar-refractivity contribution in [1.82, 2.24) is 0 Å². The molecule has 0 aliphatic heterocycles. The van der Waals surface area contributed by atoms with Crippen LogP contribution in [0.2, 0.25) is 0 Å². The van der Waals surface area contributed by atoms with Crippen LogP contribution in [-0.2, 0) is 28.6 Å². The van der Waals surface area contributed by atoms with Crippen LogP contribution in [0.3, 0.4) is 0 Å². The molecule has 6 nitrogen and oxygen atoms in total. The summed E-state index contributed by atoms with van der Waals surface area (Å²) >= 11 is 0. The van der Waals surface area contributed by atoms with Gasteiger partial charge in [-0.25, -0.2) is 0 Å². The molecule has 0 aliphatic carbocycles. The standard InChI is InChI=1S/C64H108O6/c1-4-7-10-13-16-19-22-25-28-31-34-36-39-42-45-48-51-54-57-63(66)69-60-61(70-64(67)58-55-52-49-46-43-40-37-33-30-27-24-21-18-15-12-9-6-3)59-68-62(65)56-53-50-47-44-41-38-35-32-29-26-23-20-17-14-11-8-5-2/h16,19,22,25-31,34,36-37,40,46,49,61H,4-15,17-18,20-21,23-24,32-33,35,38-39,41-45,47-48,50-60H2,1-3H3/b19-16-,25-22-,29-26-,30-27-,31-28-,36-34-,40-37-,49-46-. The average Bonchev–Trinajstić information content (AvgIpc) is 3.36. The molecule has 0 heterocycles. The van der Waals surface area contributed by atoms with Crippen molar-refractivity contribution in [3.05, 3.63) is 97.2 Å². The van der Waals surface area contributed by atoms with Gasteiger partial charge in [-0.15, -0.1) is 0 Å². The van der Waals surface area contributed by atoms with Gasteiger partial charge < -0.3 is 14.2 Å². The van der Waals surface area contributed by atoms with E-state index >= 15 is 0 Å². The van der Waals surface area contributed by atoms with Crippen molar-refractivity contribution in [1.29, 1.82) is 0 Å². The minimum absolute atomic E-state index is 0.108. The van der Waals surface area contributed by atoms with E-state index in [4.69, 9.17) is 14.2 Å². The highest BCUT2D eigenvalue weighted by atomic mass is 16.6. The summed E-state index contributed by atoms with van der Waals surface area (Å²) in [5.41, 5.74) is 0. The molecule has 0 saturated carbocycles. The molecule has 0 aromatic carbocycles. The fraction of sp³-hybridized carbons (Fsp3) is 0.703. The van der Waals surface area contributed by atoms with Gasteiger partial charge in [0, 0.05) is 19.3 Å². The molecule has 1 atom stereocenters. The molecule has 6 heteroatoms. The Labute approximate surface area is 432 Å². The van der Waals surface area contributed by atoms with Gasteiger partial charge in [0.2, 0.25) is 0 Å². The van der Waals surface area contributed by atoms with Crippen molar-refractivity contribution in [3.63, 3.8) is 0 Å². The Bertz CT molecular complexity index is 1400. The second kappa shape index (κ2) is 57.9. The Hall–Kier alpha value is -3.67. The predicted molar refractivity (Wildman–Crippen MR) is 302 cm³/mol. The monoisotopic (exact) mass is 973 g/mol. The molecular formula is C64H108O6. The van der Waals surface area contributed by atoms with Crippen LogP contribution in [0.1, 0.15) is 271 Å². The summed E-state index contributed by atoms with van der Waals surface area (Å²) in [5.74, 6) is -0.985. The first-order valence-electron chi connectivity index (χ1n) is 29.3. The molecule has 400 valence electrons. The molecule has 70 heavy (non-hydrogen) atoms. The molecule has 0 aromatic heterocycles. The molecule has 0 saturated heterocycles. The molecule has 0 aliphatic rings.